The summed E-state index contributed by atoms with van der Waals surface area (Å²) in [7, 11) is 0. The van der Waals surface area contributed by atoms with Gasteiger partial charge >= 0.3 is 11.9 Å². The molecule has 1 atom stereocenters. The molecule has 44 heavy (non-hydrogen) atoms. The minimum Gasteiger partial charge on any atom is -0.464 e. The van der Waals surface area contributed by atoms with Crippen LogP contribution in [0.1, 0.15) is 30.8 Å². The lowest BCUT2D eigenvalue weighted by Crippen LogP contribution is -2.32. The highest BCUT2D eigenvalue weighted by Crippen LogP contribution is 2.38. The molecule has 10 nitrogen and oxygen atoms in total. The molecular weight excluding hydrogens is 591 g/mol. The molecule has 2 aromatic carbocycles. The fourth-order valence-electron chi connectivity index (χ4n) is 4.22. The number of hydrogen-bond acceptors (Lipinski definition) is 8. The zero-order valence-electron chi connectivity index (χ0n) is 23.6. The average molecular weight is 617 g/mol. The van der Waals surface area contributed by atoms with E-state index in [9.17, 15) is 22.4 Å². The first-order chi connectivity index (χ1) is 21.0. The molecule has 5 aromatic rings. The summed E-state index contributed by atoms with van der Waals surface area (Å²) in [4.78, 5) is 17.3. The number of ether oxygens (including phenoxy) is 3. The molecule has 0 saturated carbocycles. The summed E-state index contributed by atoms with van der Waals surface area (Å²) >= 11 is 0. The van der Waals surface area contributed by atoms with E-state index in [-0.39, 0.29) is 31.3 Å². The summed E-state index contributed by atoms with van der Waals surface area (Å²) in [5.74, 6) is -3.77. The quantitative estimate of drug-likeness (QED) is 0.181. The lowest BCUT2D eigenvalue weighted by molar-refractivity contribution is -0.189. The Kier molecular flexibility index (Phi) is 8.58. The van der Waals surface area contributed by atoms with Crippen molar-refractivity contribution in [1.29, 1.82) is 0 Å². The van der Waals surface area contributed by atoms with Gasteiger partial charge in [-0.3, -0.25) is 4.57 Å². The van der Waals surface area contributed by atoms with Gasteiger partial charge in [-0.2, -0.15) is 27.9 Å². The van der Waals surface area contributed by atoms with Gasteiger partial charge in [-0.15, -0.1) is 10.2 Å². The number of halogens is 5. The van der Waals surface area contributed by atoms with Crippen LogP contribution in [0.2, 0.25) is 0 Å². The molecule has 0 spiro atoms. The Labute approximate surface area is 246 Å². The largest absolute Gasteiger partial charge is 0.464 e. The maximum Gasteiger partial charge on any atom is 0.425 e. The predicted octanol–water partition coefficient (Wildman–Crippen LogP) is 5.82. The fourth-order valence-corrected chi connectivity index (χ4v) is 4.22. The maximum atomic E-state index is 16.1. The first-order valence-electron chi connectivity index (χ1n) is 13.3. The normalized spacial score (nSPS) is 12.5. The van der Waals surface area contributed by atoms with Gasteiger partial charge in [0.05, 0.1) is 18.2 Å². The zero-order chi connectivity index (χ0) is 31.6. The topological polar surface area (TPSA) is 106 Å². The third-order valence-electron chi connectivity index (χ3n) is 6.58. The van der Waals surface area contributed by atoms with E-state index in [4.69, 9.17) is 14.2 Å². The van der Waals surface area contributed by atoms with Gasteiger partial charge in [-0.05, 0) is 38.0 Å². The highest BCUT2D eigenvalue weighted by atomic mass is 19.4. The van der Waals surface area contributed by atoms with Crippen molar-refractivity contribution in [3.63, 3.8) is 0 Å². The number of alkyl halides is 3. The van der Waals surface area contributed by atoms with E-state index in [0.29, 0.717) is 10.2 Å². The van der Waals surface area contributed by atoms with Crippen LogP contribution in [-0.2, 0) is 24.5 Å². The number of pyridine rings is 1. The Bertz CT molecular complexity index is 1860. The minimum absolute atomic E-state index is 0.0517. The lowest BCUT2D eigenvalue weighted by atomic mass is 10.2. The van der Waals surface area contributed by atoms with Crippen molar-refractivity contribution in [3.8, 4) is 23.3 Å². The third kappa shape index (κ3) is 6.22. The molecule has 15 heteroatoms. The molecule has 3 aromatic heterocycles. The van der Waals surface area contributed by atoms with E-state index in [1.54, 1.807) is 13.8 Å². The van der Waals surface area contributed by atoms with Crippen LogP contribution in [0.3, 0.4) is 0 Å². The van der Waals surface area contributed by atoms with Crippen LogP contribution in [0.15, 0.2) is 59.5 Å². The number of hydrogen-bond donors (Lipinski definition) is 0. The van der Waals surface area contributed by atoms with Crippen molar-refractivity contribution in [2.75, 3.05) is 0 Å². The highest BCUT2D eigenvalue weighted by molar-refractivity contribution is 5.92. The number of fused-ring (bicyclic) bond motifs is 1. The smallest absolute Gasteiger partial charge is 0.425 e. The van der Waals surface area contributed by atoms with E-state index in [1.165, 1.54) is 16.7 Å². The van der Waals surface area contributed by atoms with Gasteiger partial charge in [-0.1, -0.05) is 36.4 Å². The summed E-state index contributed by atoms with van der Waals surface area (Å²) in [6.45, 7) is 4.17. The van der Waals surface area contributed by atoms with Gasteiger partial charge in [0.1, 0.15) is 23.6 Å². The van der Waals surface area contributed by atoms with Crippen molar-refractivity contribution >= 4 is 10.8 Å². The van der Waals surface area contributed by atoms with Crippen LogP contribution in [0.5, 0.6) is 17.5 Å². The van der Waals surface area contributed by atoms with E-state index in [2.05, 4.69) is 20.3 Å². The monoisotopic (exact) mass is 616 g/mol. The molecule has 5 rings (SSSR count). The van der Waals surface area contributed by atoms with Crippen LogP contribution in [0.25, 0.3) is 16.6 Å². The first kappa shape index (κ1) is 30.5. The second-order valence-corrected chi connectivity index (χ2v) is 9.64. The first-order valence-corrected chi connectivity index (χ1v) is 13.3. The van der Waals surface area contributed by atoms with E-state index >= 15 is 4.39 Å². The lowest BCUT2D eigenvalue weighted by Gasteiger charge is -2.19. The summed E-state index contributed by atoms with van der Waals surface area (Å²) in [6.07, 6.45) is -6.34. The molecule has 0 aliphatic heterocycles. The van der Waals surface area contributed by atoms with Crippen LogP contribution in [-0.4, -0.2) is 41.8 Å². The second-order valence-electron chi connectivity index (χ2n) is 9.64. The summed E-state index contributed by atoms with van der Waals surface area (Å²) in [6, 6.07) is 12.8. The molecule has 0 radical (unpaired) electrons. The van der Waals surface area contributed by atoms with Gasteiger partial charge in [0, 0.05) is 12.6 Å². The number of benzene rings is 2. The second kappa shape index (κ2) is 12.4. The molecule has 0 N–H and O–H groups in total. The molecular formula is C29H25F5N6O4. The van der Waals surface area contributed by atoms with Crippen molar-refractivity contribution < 1.29 is 36.2 Å². The molecule has 0 bridgehead atoms. The van der Waals surface area contributed by atoms with Gasteiger partial charge in [0.2, 0.25) is 5.88 Å². The van der Waals surface area contributed by atoms with Gasteiger partial charge in [0.25, 0.3) is 5.88 Å². The highest BCUT2D eigenvalue weighted by Gasteiger charge is 2.39. The summed E-state index contributed by atoms with van der Waals surface area (Å²) < 4.78 is 89.1. The number of aromatic nitrogens is 6. The Hall–Kier alpha value is -4.92. The van der Waals surface area contributed by atoms with Gasteiger partial charge in [-0.25, -0.2) is 13.6 Å². The van der Waals surface area contributed by atoms with E-state index < -0.39 is 58.0 Å². The molecule has 0 amide bonds. The van der Waals surface area contributed by atoms with Crippen LogP contribution >= 0.6 is 0 Å². The number of rotatable bonds is 10. The Morgan fingerprint density at radius 1 is 1.02 bits per heavy atom. The standard InChI is InChI=1S/C29H25F5N6O4/c1-4-39-22(15-42-14-18-8-6-5-7-9-18)38-40(28(39)41)25-24(31)20-13-35-37-27(44-21-12-19(30)11-10-16(21)2)23(20)26(36-25)43-17(3)29(32,33)34/h5-13,17H,4,14-15H2,1-3H3/t17-/m0/s1. The summed E-state index contributed by atoms with van der Waals surface area (Å²) in [5.41, 5.74) is 0.494. The molecule has 0 aliphatic carbocycles. The maximum absolute atomic E-state index is 16.1. The molecule has 0 unspecified atom stereocenters. The van der Waals surface area contributed by atoms with Gasteiger partial charge < -0.3 is 14.2 Å². The zero-order valence-corrected chi connectivity index (χ0v) is 23.6. The molecule has 0 fully saturated rings. The van der Waals surface area contributed by atoms with Crippen LogP contribution < -0.4 is 15.2 Å². The van der Waals surface area contributed by atoms with Gasteiger partial charge in [0.15, 0.2) is 23.6 Å². The SMILES string of the molecule is CCn1c(COCc2ccccc2)nn(-c2nc(O[C@@H](C)C(F)(F)F)c3c(Oc4cc(F)ccc4C)nncc3c2F)c1=O. The van der Waals surface area contributed by atoms with Crippen molar-refractivity contribution in [1.82, 2.24) is 29.5 Å². The fraction of sp³-hybridized carbons (Fsp3) is 0.276. The number of nitrogens with zero attached hydrogens (tertiary/aromatic N) is 6. The van der Waals surface area contributed by atoms with Crippen LogP contribution in [0, 0.1) is 18.6 Å². The van der Waals surface area contributed by atoms with Crippen molar-refractivity contribution in [2.45, 2.75) is 52.8 Å². The van der Waals surface area contributed by atoms with E-state index in [1.807, 2.05) is 30.3 Å². The average Bonchev–Trinajstić information content (AvgIpc) is 3.30. The third-order valence-corrected chi connectivity index (χ3v) is 6.58. The molecule has 0 aliphatic rings. The molecule has 230 valence electrons. The van der Waals surface area contributed by atoms with Crippen molar-refractivity contribution in [3.05, 3.63) is 93.8 Å². The number of aryl methyl sites for hydroxylation is 1. The Balaban J connectivity index is 1.62. The predicted molar refractivity (Wildman–Crippen MR) is 147 cm³/mol. The molecule has 3 heterocycles. The Morgan fingerprint density at radius 2 is 1.77 bits per heavy atom. The minimum atomic E-state index is -4.84. The van der Waals surface area contributed by atoms with Crippen molar-refractivity contribution in [2.24, 2.45) is 0 Å². The summed E-state index contributed by atoms with van der Waals surface area (Å²) in [5, 5.41) is 10.8. The van der Waals surface area contributed by atoms with Crippen LogP contribution in [0.4, 0.5) is 22.0 Å². The Morgan fingerprint density at radius 3 is 2.48 bits per heavy atom. The van der Waals surface area contributed by atoms with E-state index in [0.717, 1.165) is 24.8 Å². The molecule has 0 saturated heterocycles.